The Bertz CT molecular complexity index is 745. The molecule has 9 heteroatoms. The molecular weight excluding hydrogens is 382 g/mol. The summed E-state index contributed by atoms with van der Waals surface area (Å²) in [6.45, 7) is 2.37. The summed E-state index contributed by atoms with van der Waals surface area (Å²) in [5.74, 6) is 1.54. The normalized spacial score (nSPS) is 17.2. The number of rotatable bonds is 7. The van der Waals surface area contributed by atoms with E-state index in [0.717, 1.165) is 24.8 Å². The second-order valence-corrected chi connectivity index (χ2v) is 8.08. The summed E-state index contributed by atoms with van der Waals surface area (Å²) in [5.41, 5.74) is 0.709. The van der Waals surface area contributed by atoms with E-state index in [-0.39, 0.29) is 29.2 Å². The fourth-order valence-electron chi connectivity index (χ4n) is 3.41. The van der Waals surface area contributed by atoms with Crippen LogP contribution in [0, 0.1) is 16.0 Å². The van der Waals surface area contributed by atoms with Crippen LogP contribution in [0.2, 0.25) is 0 Å². The van der Waals surface area contributed by atoms with Gasteiger partial charge in [0.25, 0.3) is 0 Å². The van der Waals surface area contributed by atoms with Gasteiger partial charge in [0, 0.05) is 43.9 Å². The van der Waals surface area contributed by atoms with Crippen molar-refractivity contribution in [1.82, 2.24) is 9.80 Å². The summed E-state index contributed by atoms with van der Waals surface area (Å²) < 4.78 is 5.00. The number of thioether (sulfide) groups is 1. The molecule has 1 aromatic rings. The van der Waals surface area contributed by atoms with Gasteiger partial charge in [0.05, 0.1) is 17.8 Å². The third-order valence-corrected chi connectivity index (χ3v) is 6.32. The Morgan fingerprint density at radius 3 is 2.46 bits per heavy atom. The number of nitrogens with zero attached hydrogens (tertiary/aromatic N) is 3. The number of nitro groups is 1. The molecule has 0 radical (unpaired) electrons. The average molecular weight is 407 g/mol. The van der Waals surface area contributed by atoms with E-state index in [1.54, 1.807) is 17.0 Å². The van der Waals surface area contributed by atoms with Gasteiger partial charge in [-0.3, -0.25) is 19.7 Å². The number of hydrogen-bond acceptors (Lipinski definition) is 6. The predicted octanol–water partition coefficient (Wildman–Crippen LogP) is 2.31. The number of piperazine rings is 1. The molecule has 0 unspecified atom stereocenters. The van der Waals surface area contributed by atoms with Gasteiger partial charge in [-0.25, -0.2) is 0 Å². The van der Waals surface area contributed by atoms with Crippen LogP contribution in [0.1, 0.15) is 24.8 Å². The van der Waals surface area contributed by atoms with Gasteiger partial charge in [0.15, 0.2) is 5.75 Å². The molecule has 0 bridgehead atoms. The molecule has 1 aliphatic heterocycles. The van der Waals surface area contributed by atoms with Crippen LogP contribution in [0.4, 0.5) is 5.69 Å². The minimum atomic E-state index is -0.470. The maximum Gasteiger partial charge on any atom is 0.311 e. The molecule has 0 spiro atoms. The highest BCUT2D eigenvalue weighted by Crippen LogP contribution is 2.30. The maximum absolute atomic E-state index is 12.4. The SMILES string of the molecule is COc1ccc(CSCC(=O)N2CCN(C(=O)C3CCC3)CC2)cc1[N+](=O)[O-]. The molecule has 1 saturated heterocycles. The minimum absolute atomic E-state index is 0.0451. The highest BCUT2D eigenvalue weighted by atomic mass is 32.2. The molecule has 1 aromatic carbocycles. The van der Waals surface area contributed by atoms with Crippen molar-refractivity contribution in [3.8, 4) is 5.75 Å². The summed E-state index contributed by atoms with van der Waals surface area (Å²) >= 11 is 1.43. The van der Waals surface area contributed by atoms with Gasteiger partial charge in [-0.15, -0.1) is 11.8 Å². The second kappa shape index (κ2) is 9.27. The van der Waals surface area contributed by atoms with E-state index in [4.69, 9.17) is 4.74 Å². The number of nitro benzene ring substituents is 1. The molecule has 0 aromatic heterocycles. The lowest BCUT2D eigenvalue weighted by atomic mass is 9.84. The van der Waals surface area contributed by atoms with Crippen LogP contribution in [0.5, 0.6) is 5.75 Å². The van der Waals surface area contributed by atoms with Gasteiger partial charge >= 0.3 is 5.69 Å². The first-order valence-corrected chi connectivity index (χ1v) is 10.6. The molecule has 1 heterocycles. The summed E-state index contributed by atoms with van der Waals surface area (Å²) in [5, 5.41) is 11.1. The first-order chi connectivity index (χ1) is 13.5. The Balaban J connectivity index is 1.43. The monoisotopic (exact) mass is 407 g/mol. The number of amides is 2. The Hall–Kier alpha value is -2.29. The van der Waals surface area contributed by atoms with Gasteiger partial charge in [-0.1, -0.05) is 12.5 Å². The molecular formula is C19H25N3O5S. The van der Waals surface area contributed by atoms with E-state index >= 15 is 0 Å². The van der Waals surface area contributed by atoms with Gasteiger partial charge in [0.1, 0.15) is 0 Å². The van der Waals surface area contributed by atoms with Crippen LogP contribution in [-0.4, -0.2) is 65.6 Å². The zero-order valence-electron chi connectivity index (χ0n) is 16.0. The lowest BCUT2D eigenvalue weighted by Gasteiger charge is -2.38. The van der Waals surface area contributed by atoms with Crippen molar-refractivity contribution in [3.63, 3.8) is 0 Å². The number of ether oxygens (including phenoxy) is 1. The molecule has 3 rings (SSSR count). The largest absolute Gasteiger partial charge is 0.490 e. The van der Waals surface area contributed by atoms with Crippen LogP contribution in [-0.2, 0) is 15.3 Å². The van der Waals surface area contributed by atoms with E-state index in [2.05, 4.69) is 0 Å². The number of carbonyl (C=O) groups is 2. The number of methoxy groups -OCH3 is 1. The summed E-state index contributed by atoms with van der Waals surface area (Å²) in [6.07, 6.45) is 3.14. The third kappa shape index (κ3) is 4.76. The first-order valence-electron chi connectivity index (χ1n) is 9.45. The van der Waals surface area contributed by atoms with Gasteiger partial charge in [0.2, 0.25) is 11.8 Å². The molecule has 2 amide bonds. The van der Waals surface area contributed by atoms with Crippen molar-refractivity contribution in [2.75, 3.05) is 39.0 Å². The number of carbonyl (C=O) groups excluding carboxylic acids is 2. The Morgan fingerprint density at radius 1 is 1.21 bits per heavy atom. The Morgan fingerprint density at radius 2 is 1.89 bits per heavy atom. The van der Waals surface area contributed by atoms with Crippen molar-refractivity contribution in [2.24, 2.45) is 5.92 Å². The topological polar surface area (TPSA) is 93.0 Å². The van der Waals surface area contributed by atoms with Crippen molar-refractivity contribution >= 4 is 29.3 Å². The van der Waals surface area contributed by atoms with E-state index in [1.807, 2.05) is 4.90 Å². The summed E-state index contributed by atoms with van der Waals surface area (Å²) in [7, 11) is 1.40. The number of hydrogen-bond donors (Lipinski definition) is 0. The van der Waals surface area contributed by atoms with E-state index in [0.29, 0.717) is 37.7 Å². The quantitative estimate of drug-likeness (QED) is 0.509. The maximum atomic E-state index is 12.4. The zero-order chi connectivity index (χ0) is 20.1. The van der Waals surface area contributed by atoms with Crippen LogP contribution in [0.25, 0.3) is 0 Å². The van der Waals surface area contributed by atoms with Crippen LogP contribution < -0.4 is 4.74 Å². The number of benzene rings is 1. The lowest BCUT2D eigenvalue weighted by molar-refractivity contribution is -0.385. The summed E-state index contributed by atoms with van der Waals surface area (Å²) in [6, 6.07) is 4.84. The molecule has 152 valence electrons. The van der Waals surface area contributed by atoms with E-state index in [9.17, 15) is 19.7 Å². The smallest absolute Gasteiger partial charge is 0.311 e. The van der Waals surface area contributed by atoms with Gasteiger partial charge < -0.3 is 14.5 Å². The van der Waals surface area contributed by atoms with E-state index in [1.165, 1.54) is 24.9 Å². The van der Waals surface area contributed by atoms with Crippen molar-refractivity contribution in [3.05, 3.63) is 33.9 Å². The van der Waals surface area contributed by atoms with Crippen molar-refractivity contribution in [1.29, 1.82) is 0 Å². The van der Waals surface area contributed by atoms with E-state index < -0.39 is 4.92 Å². The molecule has 1 saturated carbocycles. The fourth-order valence-corrected chi connectivity index (χ4v) is 4.28. The van der Waals surface area contributed by atoms with Crippen molar-refractivity contribution in [2.45, 2.75) is 25.0 Å². The van der Waals surface area contributed by atoms with Crippen LogP contribution in [0.3, 0.4) is 0 Å². The zero-order valence-corrected chi connectivity index (χ0v) is 16.8. The van der Waals surface area contributed by atoms with Gasteiger partial charge in [-0.05, 0) is 24.5 Å². The second-order valence-electron chi connectivity index (χ2n) is 7.09. The molecule has 8 nitrogen and oxygen atoms in total. The average Bonchev–Trinajstić information content (AvgIpc) is 2.66. The van der Waals surface area contributed by atoms with Crippen molar-refractivity contribution < 1.29 is 19.2 Å². The fraction of sp³-hybridized carbons (Fsp3) is 0.579. The molecule has 0 N–H and O–H groups in total. The Labute approximate surface area is 168 Å². The lowest BCUT2D eigenvalue weighted by Crippen LogP contribution is -2.53. The standard InChI is InChI=1S/C19H25N3O5S/c1-27-17-6-5-14(11-16(17)22(25)26)12-28-13-18(23)20-7-9-21(10-8-20)19(24)15-3-2-4-15/h5-6,11,15H,2-4,7-10,12-13H2,1H3. The highest BCUT2D eigenvalue weighted by Gasteiger charge is 2.31. The van der Waals surface area contributed by atoms with Crippen LogP contribution >= 0.6 is 11.8 Å². The molecule has 1 aliphatic carbocycles. The Kier molecular flexibility index (Phi) is 6.77. The summed E-state index contributed by atoms with van der Waals surface area (Å²) in [4.78, 5) is 39.0. The highest BCUT2D eigenvalue weighted by molar-refractivity contribution is 7.99. The molecule has 0 atom stereocenters. The molecule has 28 heavy (non-hydrogen) atoms. The molecule has 2 fully saturated rings. The molecule has 2 aliphatic rings. The third-order valence-electron chi connectivity index (χ3n) is 5.33. The minimum Gasteiger partial charge on any atom is -0.490 e. The van der Waals surface area contributed by atoms with Gasteiger partial charge in [-0.2, -0.15) is 0 Å². The van der Waals surface area contributed by atoms with Crippen LogP contribution in [0.15, 0.2) is 18.2 Å². The first kappa shape index (κ1) is 20.4. The predicted molar refractivity (Wildman–Crippen MR) is 106 cm³/mol.